The number of hydrogen-bond donors (Lipinski definition) is 0. The Hall–Kier alpha value is -1.84. The van der Waals surface area contributed by atoms with Crippen LogP contribution in [-0.4, -0.2) is 17.4 Å². The summed E-state index contributed by atoms with van der Waals surface area (Å²) in [6.07, 6.45) is 1.48. The number of rotatable bonds is 1. The zero-order valence-electron chi connectivity index (χ0n) is 8.14. The molecule has 0 spiro atoms. The maximum atomic E-state index is 11.5. The molecule has 0 N–H and O–H groups in total. The summed E-state index contributed by atoms with van der Waals surface area (Å²) in [6, 6.07) is 7.96. The quantitative estimate of drug-likeness (QED) is 0.710. The number of anilines is 1. The molecule has 3 rings (SSSR count). The number of aromatic nitrogens is 1. The van der Waals surface area contributed by atoms with Gasteiger partial charge in [0.05, 0.1) is 0 Å². The predicted molar refractivity (Wildman–Crippen MR) is 55.6 cm³/mol. The highest BCUT2D eigenvalue weighted by Gasteiger charge is 2.25. The van der Waals surface area contributed by atoms with Gasteiger partial charge < -0.3 is 4.42 Å². The van der Waals surface area contributed by atoms with Gasteiger partial charge in [-0.15, -0.1) is 0 Å². The monoisotopic (exact) mass is 202 g/mol. The number of carbonyl (C=O) groups is 1. The van der Waals surface area contributed by atoms with Gasteiger partial charge in [-0.2, -0.15) is 4.98 Å². The van der Waals surface area contributed by atoms with Crippen LogP contribution in [0.2, 0.25) is 0 Å². The van der Waals surface area contributed by atoms with Gasteiger partial charge >= 0.3 is 6.01 Å². The minimum absolute atomic E-state index is 0.0987. The smallest absolute Gasteiger partial charge is 0.305 e. The number of para-hydroxylation sites is 2. The summed E-state index contributed by atoms with van der Waals surface area (Å²) in [5.41, 5.74) is 1.53. The summed E-state index contributed by atoms with van der Waals surface area (Å²) in [7, 11) is 0. The minimum Gasteiger partial charge on any atom is -0.423 e. The SMILES string of the molecule is O=C1CCCN1c1nc2ccccc2o1. The van der Waals surface area contributed by atoms with Crippen molar-refractivity contribution in [3.05, 3.63) is 24.3 Å². The minimum atomic E-state index is 0.0987. The molecule has 1 saturated heterocycles. The van der Waals surface area contributed by atoms with Gasteiger partial charge in [0, 0.05) is 13.0 Å². The first-order valence-corrected chi connectivity index (χ1v) is 5.00. The lowest BCUT2D eigenvalue weighted by atomic mass is 10.3. The lowest BCUT2D eigenvalue weighted by Gasteiger charge is -2.08. The third-order valence-electron chi connectivity index (χ3n) is 2.59. The topological polar surface area (TPSA) is 46.3 Å². The summed E-state index contributed by atoms with van der Waals surface area (Å²) in [5, 5.41) is 0. The molecule has 0 aliphatic carbocycles. The molecule has 4 nitrogen and oxygen atoms in total. The number of nitrogens with zero attached hydrogens (tertiary/aromatic N) is 2. The van der Waals surface area contributed by atoms with Gasteiger partial charge in [-0.05, 0) is 18.6 Å². The molecule has 1 aliphatic rings. The molecule has 76 valence electrons. The second-order valence-corrected chi connectivity index (χ2v) is 3.61. The van der Waals surface area contributed by atoms with Crippen molar-refractivity contribution in [1.82, 2.24) is 4.98 Å². The van der Waals surface area contributed by atoms with Crippen LogP contribution in [0.1, 0.15) is 12.8 Å². The number of hydrogen-bond acceptors (Lipinski definition) is 3. The van der Waals surface area contributed by atoms with Crippen LogP contribution in [-0.2, 0) is 4.79 Å². The molecule has 0 atom stereocenters. The second-order valence-electron chi connectivity index (χ2n) is 3.61. The molecule has 1 aromatic carbocycles. The number of oxazole rings is 1. The average molecular weight is 202 g/mol. The van der Waals surface area contributed by atoms with Gasteiger partial charge in [-0.3, -0.25) is 9.69 Å². The van der Waals surface area contributed by atoms with Crippen molar-refractivity contribution in [2.24, 2.45) is 0 Å². The highest BCUT2D eigenvalue weighted by Crippen LogP contribution is 2.24. The third-order valence-corrected chi connectivity index (χ3v) is 2.59. The van der Waals surface area contributed by atoms with E-state index in [9.17, 15) is 4.79 Å². The van der Waals surface area contributed by atoms with E-state index in [4.69, 9.17) is 4.42 Å². The fourth-order valence-corrected chi connectivity index (χ4v) is 1.83. The van der Waals surface area contributed by atoms with E-state index in [1.165, 1.54) is 0 Å². The van der Waals surface area contributed by atoms with E-state index in [-0.39, 0.29) is 5.91 Å². The molecule has 1 amide bonds. The summed E-state index contributed by atoms with van der Waals surface area (Å²) in [6.45, 7) is 0.714. The zero-order valence-corrected chi connectivity index (χ0v) is 8.14. The Bertz CT molecular complexity index is 485. The molecule has 1 aliphatic heterocycles. The van der Waals surface area contributed by atoms with E-state index in [1.807, 2.05) is 24.3 Å². The maximum Gasteiger partial charge on any atom is 0.305 e. The van der Waals surface area contributed by atoms with Crippen molar-refractivity contribution in [3.63, 3.8) is 0 Å². The van der Waals surface area contributed by atoms with Crippen molar-refractivity contribution in [2.45, 2.75) is 12.8 Å². The Morgan fingerprint density at radius 2 is 2.20 bits per heavy atom. The molecule has 0 saturated carbocycles. The predicted octanol–water partition coefficient (Wildman–Crippen LogP) is 1.95. The van der Waals surface area contributed by atoms with Crippen LogP contribution in [0.4, 0.5) is 6.01 Å². The van der Waals surface area contributed by atoms with Gasteiger partial charge in [0.25, 0.3) is 0 Å². The van der Waals surface area contributed by atoms with E-state index in [0.717, 1.165) is 17.5 Å². The van der Waals surface area contributed by atoms with Gasteiger partial charge in [0.15, 0.2) is 5.58 Å². The van der Waals surface area contributed by atoms with Crippen molar-refractivity contribution in [1.29, 1.82) is 0 Å². The summed E-state index contributed by atoms with van der Waals surface area (Å²) >= 11 is 0. The maximum absolute atomic E-state index is 11.5. The highest BCUT2D eigenvalue weighted by molar-refractivity contribution is 5.94. The second kappa shape index (κ2) is 3.08. The standard InChI is InChI=1S/C11H10N2O2/c14-10-6-3-7-13(10)11-12-8-4-1-2-5-9(8)15-11/h1-2,4-5H,3,6-7H2. The Balaban J connectivity index is 2.08. The Kier molecular flexibility index (Phi) is 1.74. The number of benzene rings is 1. The van der Waals surface area contributed by atoms with Gasteiger partial charge in [0.2, 0.25) is 5.91 Å². The van der Waals surface area contributed by atoms with Crippen molar-refractivity contribution in [3.8, 4) is 0 Å². The molecule has 1 aromatic heterocycles. The molecular weight excluding hydrogens is 192 g/mol. The van der Waals surface area contributed by atoms with Crippen molar-refractivity contribution in [2.75, 3.05) is 11.4 Å². The first-order chi connectivity index (χ1) is 7.34. The summed E-state index contributed by atoms with van der Waals surface area (Å²) in [4.78, 5) is 17.4. The first kappa shape index (κ1) is 8.47. The van der Waals surface area contributed by atoms with Crippen LogP contribution in [0.3, 0.4) is 0 Å². The zero-order chi connectivity index (χ0) is 10.3. The van der Waals surface area contributed by atoms with Crippen molar-refractivity contribution < 1.29 is 9.21 Å². The van der Waals surface area contributed by atoms with E-state index >= 15 is 0 Å². The van der Waals surface area contributed by atoms with E-state index < -0.39 is 0 Å². The van der Waals surface area contributed by atoms with E-state index in [0.29, 0.717) is 19.0 Å². The molecule has 2 heterocycles. The average Bonchev–Trinajstić information content (AvgIpc) is 2.82. The van der Waals surface area contributed by atoms with Crippen LogP contribution in [0, 0.1) is 0 Å². The van der Waals surface area contributed by atoms with Crippen LogP contribution < -0.4 is 4.90 Å². The lowest BCUT2D eigenvalue weighted by Crippen LogP contribution is -2.23. The third kappa shape index (κ3) is 1.29. The van der Waals surface area contributed by atoms with Gasteiger partial charge in [0.1, 0.15) is 5.52 Å². The van der Waals surface area contributed by atoms with Gasteiger partial charge in [-0.25, -0.2) is 0 Å². The molecule has 0 bridgehead atoms. The number of fused-ring (bicyclic) bond motifs is 1. The molecular formula is C11H10N2O2. The van der Waals surface area contributed by atoms with Crippen LogP contribution in [0.25, 0.3) is 11.1 Å². The fraction of sp³-hybridized carbons (Fsp3) is 0.273. The van der Waals surface area contributed by atoms with E-state index in [1.54, 1.807) is 4.90 Å². The molecule has 0 unspecified atom stereocenters. The fourth-order valence-electron chi connectivity index (χ4n) is 1.83. The lowest BCUT2D eigenvalue weighted by molar-refractivity contribution is -0.117. The molecule has 15 heavy (non-hydrogen) atoms. The Labute approximate surface area is 86.5 Å². The normalized spacial score (nSPS) is 16.5. The summed E-state index contributed by atoms with van der Waals surface area (Å²) < 4.78 is 5.52. The molecule has 2 aromatic rings. The first-order valence-electron chi connectivity index (χ1n) is 5.00. The largest absolute Gasteiger partial charge is 0.423 e. The van der Waals surface area contributed by atoms with Gasteiger partial charge in [-0.1, -0.05) is 12.1 Å². The molecule has 1 fully saturated rings. The van der Waals surface area contributed by atoms with Crippen molar-refractivity contribution >= 4 is 23.0 Å². The summed E-state index contributed by atoms with van der Waals surface area (Å²) in [5.74, 6) is 0.0987. The van der Waals surface area contributed by atoms with Crippen LogP contribution in [0.15, 0.2) is 28.7 Å². The van der Waals surface area contributed by atoms with Crippen LogP contribution in [0.5, 0.6) is 0 Å². The van der Waals surface area contributed by atoms with Crippen LogP contribution >= 0.6 is 0 Å². The number of carbonyl (C=O) groups excluding carboxylic acids is 1. The highest BCUT2D eigenvalue weighted by atomic mass is 16.4. The molecule has 4 heteroatoms. The van der Waals surface area contributed by atoms with E-state index in [2.05, 4.69) is 4.98 Å². The Morgan fingerprint density at radius 1 is 1.33 bits per heavy atom. The molecule has 0 radical (unpaired) electrons. The Morgan fingerprint density at radius 3 is 2.93 bits per heavy atom. The number of amides is 1.